The van der Waals surface area contributed by atoms with E-state index >= 15 is 0 Å². The molecule has 2 aliphatic rings. The summed E-state index contributed by atoms with van der Waals surface area (Å²) in [5.41, 5.74) is 0. The van der Waals surface area contributed by atoms with Gasteiger partial charge in [0, 0.05) is 25.2 Å². The van der Waals surface area contributed by atoms with Crippen LogP contribution in [0.1, 0.15) is 39.0 Å². The number of likely N-dealkylation sites (tertiary alicyclic amines) is 1. The fourth-order valence-electron chi connectivity index (χ4n) is 3.28. The number of carboxylic acid groups (broad SMARTS) is 1. The number of fused-ring (bicyclic) bond motifs is 2. The van der Waals surface area contributed by atoms with E-state index in [1.165, 1.54) is 6.42 Å². The lowest BCUT2D eigenvalue weighted by molar-refractivity contribution is -0.139. The molecule has 20 heavy (non-hydrogen) atoms. The number of rotatable bonds is 4. The van der Waals surface area contributed by atoms with Crippen LogP contribution in [0.15, 0.2) is 0 Å². The van der Waals surface area contributed by atoms with Gasteiger partial charge < -0.3 is 15.3 Å². The van der Waals surface area contributed by atoms with E-state index in [2.05, 4.69) is 17.3 Å². The fraction of sp³-hybridized carbons (Fsp3) is 0.857. The molecule has 0 spiro atoms. The SMILES string of the molecule is CCC[C@H](NC(=O)N1CCC2CCC(C1)N2C)C(=O)O. The number of nitrogens with one attached hydrogen (secondary N) is 1. The number of carbonyl (C=O) groups is 2. The van der Waals surface area contributed by atoms with Gasteiger partial charge in [0.2, 0.25) is 0 Å². The van der Waals surface area contributed by atoms with Crippen molar-refractivity contribution in [2.24, 2.45) is 0 Å². The van der Waals surface area contributed by atoms with Crippen LogP contribution in [0.5, 0.6) is 0 Å². The normalized spacial score (nSPS) is 28.0. The molecule has 6 heteroatoms. The Morgan fingerprint density at radius 3 is 2.65 bits per heavy atom. The monoisotopic (exact) mass is 283 g/mol. The van der Waals surface area contributed by atoms with Crippen LogP contribution in [0, 0.1) is 0 Å². The third-order valence-corrected chi connectivity index (χ3v) is 4.61. The van der Waals surface area contributed by atoms with E-state index in [4.69, 9.17) is 5.11 Å². The summed E-state index contributed by atoms with van der Waals surface area (Å²) in [6.45, 7) is 3.34. The predicted molar refractivity (Wildman–Crippen MR) is 75.6 cm³/mol. The highest BCUT2D eigenvalue weighted by Gasteiger charge is 2.36. The van der Waals surface area contributed by atoms with Crippen LogP contribution in [-0.4, -0.2) is 65.2 Å². The van der Waals surface area contributed by atoms with Gasteiger partial charge in [-0.1, -0.05) is 13.3 Å². The molecular weight excluding hydrogens is 258 g/mol. The highest BCUT2D eigenvalue weighted by molar-refractivity contribution is 5.82. The van der Waals surface area contributed by atoms with Crippen molar-refractivity contribution in [1.29, 1.82) is 0 Å². The zero-order chi connectivity index (χ0) is 14.7. The first-order valence-corrected chi connectivity index (χ1v) is 7.53. The molecule has 0 aliphatic carbocycles. The van der Waals surface area contributed by atoms with Gasteiger partial charge in [-0.25, -0.2) is 9.59 Å². The molecule has 0 aromatic heterocycles. The standard InChI is InChI=1S/C14H25N3O3/c1-3-4-12(13(18)19)15-14(20)17-8-7-10-5-6-11(9-17)16(10)2/h10-12H,3-9H2,1-2H3,(H,15,20)(H,18,19)/t10?,11?,12-/m0/s1. The summed E-state index contributed by atoms with van der Waals surface area (Å²) in [4.78, 5) is 27.5. The first kappa shape index (κ1) is 15.1. The van der Waals surface area contributed by atoms with Gasteiger partial charge >= 0.3 is 12.0 Å². The maximum Gasteiger partial charge on any atom is 0.326 e. The van der Waals surface area contributed by atoms with E-state index < -0.39 is 12.0 Å². The van der Waals surface area contributed by atoms with Crippen molar-refractivity contribution in [2.75, 3.05) is 20.1 Å². The van der Waals surface area contributed by atoms with Crippen molar-refractivity contribution < 1.29 is 14.7 Å². The number of likely N-dealkylation sites (N-methyl/N-ethyl adjacent to an activating group) is 1. The van der Waals surface area contributed by atoms with Crippen LogP contribution in [0.4, 0.5) is 4.79 Å². The molecule has 2 heterocycles. The number of carbonyl (C=O) groups excluding carboxylic acids is 1. The average Bonchev–Trinajstić information content (AvgIpc) is 2.62. The van der Waals surface area contributed by atoms with Crippen molar-refractivity contribution >= 4 is 12.0 Å². The Labute approximate surface area is 120 Å². The number of carboxylic acids is 1. The Bertz CT molecular complexity index is 375. The number of amides is 2. The van der Waals surface area contributed by atoms with Gasteiger partial charge in [-0.15, -0.1) is 0 Å². The molecule has 2 amide bonds. The summed E-state index contributed by atoms with van der Waals surface area (Å²) in [5.74, 6) is -0.950. The van der Waals surface area contributed by atoms with E-state index in [1.54, 1.807) is 4.90 Å². The Morgan fingerprint density at radius 2 is 2.00 bits per heavy atom. The minimum atomic E-state index is -0.950. The molecule has 114 valence electrons. The lowest BCUT2D eigenvalue weighted by atomic mass is 10.1. The second-order valence-electron chi connectivity index (χ2n) is 5.91. The second-order valence-corrected chi connectivity index (χ2v) is 5.91. The average molecular weight is 283 g/mol. The molecule has 6 nitrogen and oxygen atoms in total. The quantitative estimate of drug-likeness (QED) is 0.811. The molecule has 0 aromatic carbocycles. The van der Waals surface area contributed by atoms with Gasteiger partial charge in [0.15, 0.2) is 0 Å². The predicted octanol–water partition coefficient (Wildman–Crippen LogP) is 1.12. The Hall–Kier alpha value is -1.30. The lowest BCUT2D eigenvalue weighted by Crippen LogP contribution is -2.50. The summed E-state index contributed by atoms with van der Waals surface area (Å²) in [6, 6.07) is -0.0103. The molecule has 2 rings (SSSR count). The summed E-state index contributed by atoms with van der Waals surface area (Å²) >= 11 is 0. The van der Waals surface area contributed by atoms with Gasteiger partial charge in [-0.05, 0) is 32.7 Å². The third-order valence-electron chi connectivity index (χ3n) is 4.61. The van der Waals surface area contributed by atoms with E-state index in [-0.39, 0.29) is 6.03 Å². The van der Waals surface area contributed by atoms with Crippen LogP contribution in [-0.2, 0) is 4.79 Å². The van der Waals surface area contributed by atoms with Gasteiger partial charge in [0.05, 0.1) is 0 Å². The van der Waals surface area contributed by atoms with E-state index in [1.807, 2.05) is 6.92 Å². The number of aliphatic carboxylic acids is 1. The van der Waals surface area contributed by atoms with Gasteiger partial charge in [-0.3, -0.25) is 4.90 Å². The zero-order valence-electron chi connectivity index (χ0n) is 12.3. The third kappa shape index (κ3) is 3.23. The highest BCUT2D eigenvalue weighted by atomic mass is 16.4. The molecular formula is C14H25N3O3. The van der Waals surface area contributed by atoms with Crippen molar-refractivity contribution in [2.45, 2.75) is 57.2 Å². The summed E-state index contributed by atoms with van der Waals surface area (Å²) in [6.07, 6.45) is 4.53. The largest absolute Gasteiger partial charge is 0.480 e. The summed E-state index contributed by atoms with van der Waals surface area (Å²) < 4.78 is 0. The smallest absolute Gasteiger partial charge is 0.326 e. The molecule has 3 atom stereocenters. The molecule has 2 aliphatic heterocycles. The van der Waals surface area contributed by atoms with E-state index in [9.17, 15) is 9.59 Å². The maximum atomic E-state index is 12.3. The second kappa shape index (κ2) is 6.43. The molecule has 2 saturated heterocycles. The first-order valence-electron chi connectivity index (χ1n) is 7.53. The number of urea groups is 1. The fourth-order valence-corrected chi connectivity index (χ4v) is 3.28. The van der Waals surface area contributed by atoms with Crippen molar-refractivity contribution in [1.82, 2.24) is 15.1 Å². The zero-order valence-corrected chi connectivity index (χ0v) is 12.3. The lowest BCUT2D eigenvalue weighted by Gasteiger charge is -2.27. The molecule has 2 bridgehead atoms. The van der Waals surface area contributed by atoms with Gasteiger partial charge in [0.25, 0.3) is 0 Å². The summed E-state index contributed by atoms with van der Waals surface area (Å²) in [5, 5.41) is 11.8. The highest BCUT2D eigenvalue weighted by Crippen LogP contribution is 2.28. The number of hydrogen-bond acceptors (Lipinski definition) is 3. The molecule has 2 fully saturated rings. The van der Waals surface area contributed by atoms with Crippen molar-refractivity contribution in [3.8, 4) is 0 Å². The van der Waals surface area contributed by atoms with E-state index in [0.29, 0.717) is 25.0 Å². The topological polar surface area (TPSA) is 72.9 Å². The van der Waals surface area contributed by atoms with Crippen molar-refractivity contribution in [3.05, 3.63) is 0 Å². The number of nitrogens with zero attached hydrogens (tertiary/aromatic N) is 2. The van der Waals surface area contributed by atoms with Gasteiger partial charge in [0.1, 0.15) is 6.04 Å². The minimum absolute atomic E-state index is 0.230. The van der Waals surface area contributed by atoms with Crippen LogP contribution >= 0.6 is 0 Å². The number of hydrogen-bond donors (Lipinski definition) is 2. The van der Waals surface area contributed by atoms with Crippen LogP contribution < -0.4 is 5.32 Å². The van der Waals surface area contributed by atoms with E-state index in [0.717, 1.165) is 25.8 Å². The molecule has 2 unspecified atom stereocenters. The molecule has 0 aromatic rings. The van der Waals surface area contributed by atoms with Crippen LogP contribution in [0.3, 0.4) is 0 Å². The Balaban J connectivity index is 1.93. The molecule has 0 radical (unpaired) electrons. The minimum Gasteiger partial charge on any atom is -0.480 e. The van der Waals surface area contributed by atoms with Gasteiger partial charge in [-0.2, -0.15) is 0 Å². The maximum absolute atomic E-state index is 12.3. The Kier molecular flexibility index (Phi) is 4.86. The molecule has 0 saturated carbocycles. The first-order chi connectivity index (χ1) is 9.52. The van der Waals surface area contributed by atoms with Crippen LogP contribution in [0.25, 0.3) is 0 Å². The summed E-state index contributed by atoms with van der Waals surface area (Å²) in [7, 11) is 2.13. The molecule has 2 N–H and O–H groups in total. The Morgan fingerprint density at radius 1 is 1.30 bits per heavy atom. The van der Waals surface area contributed by atoms with Crippen molar-refractivity contribution in [3.63, 3.8) is 0 Å². The van der Waals surface area contributed by atoms with Crippen LogP contribution in [0.2, 0.25) is 0 Å².